The number of likely N-dealkylation sites (tertiary alicyclic amines) is 1. The van der Waals surface area contributed by atoms with E-state index >= 15 is 0 Å². The zero-order valence-electron chi connectivity index (χ0n) is 16.3. The first-order valence-corrected chi connectivity index (χ1v) is 11.1. The van der Waals surface area contributed by atoms with Gasteiger partial charge < -0.3 is 10.2 Å². The summed E-state index contributed by atoms with van der Waals surface area (Å²) in [5.41, 5.74) is 2.79. The van der Waals surface area contributed by atoms with Gasteiger partial charge in [-0.3, -0.25) is 10.1 Å². The van der Waals surface area contributed by atoms with E-state index in [0.717, 1.165) is 21.5 Å². The van der Waals surface area contributed by atoms with Gasteiger partial charge in [0, 0.05) is 22.3 Å². The second-order valence-electron chi connectivity index (χ2n) is 7.06. The average Bonchev–Trinajstić information content (AvgIpc) is 3.38. The van der Waals surface area contributed by atoms with Crippen LogP contribution in [0, 0.1) is 6.92 Å². The maximum Gasteiger partial charge on any atom is 0.322 e. The maximum absolute atomic E-state index is 12.8. The van der Waals surface area contributed by atoms with E-state index in [1.807, 2.05) is 55.5 Å². The third-order valence-electron chi connectivity index (χ3n) is 4.85. The standard InChI is InChI=1S/C21H20BrN5O2S/c1-13-7-9-14(10-8-13)19-25-26-20(30-19)24-18(28)17-6-3-11-27(17)21(29)23-16-5-2-4-15(22)12-16/h2,4-5,7-10,12,17H,3,6,11H2,1H3,(H,23,29)(H,24,26,28). The summed E-state index contributed by atoms with van der Waals surface area (Å²) in [7, 11) is 0. The van der Waals surface area contributed by atoms with Crippen molar-refractivity contribution in [2.75, 3.05) is 17.2 Å². The van der Waals surface area contributed by atoms with Crippen molar-refractivity contribution in [3.8, 4) is 10.6 Å². The molecule has 154 valence electrons. The molecule has 0 radical (unpaired) electrons. The Hall–Kier alpha value is -2.78. The predicted molar refractivity (Wildman–Crippen MR) is 122 cm³/mol. The molecular weight excluding hydrogens is 466 g/mol. The van der Waals surface area contributed by atoms with Crippen LogP contribution in [-0.2, 0) is 4.79 Å². The Bertz CT molecular complexity index is 1070. The Morgan fingerprint density at radius 2 is 1.93 bits per heavy atom. The number of benzene rings is 2. The van der Waals surface area contributed by atoms with Gasteiger partial charge in [0.15, 0.2) is 0 Å². The highest BCUT2D eigenvalue weighted by atomic mass is 79.9. The second-order valence-corrected chi connectivity index (χ2v) is 8.95. The number of rotatable bonds is 4. The number of nitrogens with one attached hydrogen (secondary N) is 2. The summed E-state index contributed by atoms with van der Waals surface area (Å²) in [5, 5.41) is 15.1. The average molecular weight is 486 g/mol. The lowest BCUT2D eigenvalue weighted by Gasteiger charge is -2.23. The summed E-state index contributed by atoms with van der Waals surface area (Å²) < 4.78 is 0.872. The fourth-order valence-corrected chi connectivity index (χ4v) is 4.47. The lowest BCUT2D eigenvalue weighted by molar-refractivity contribution is -0.119. The van der Waals surface area contributed by atoms with E-state index in [1.54, 1.807) is 4.90 Å². The van der Waals surface area contributed by atoms with Crippen LogP contribution in [0.3, 0.4) is 0 Å². The molecule has 1 atom stereocenters. The summed E-state index contributed by atoms with van der Waals surface area (Å²) >= 11 is 4.70. The Labute approximate surface area is 186 Å². The SMILES string of the molecule is Cc1ccc(-c2nnc(NC(=O)C3CCCN3C(=O)Nc3cccc(Br)c3)s2)cc1. The van der Waals surface area contributed by atoms with Crippen molar-refractivity contribution in [2.45, 2.75) is 25.8 Å². The Balaban J connectivity index is 1.41. The number of carbonyl (C=O) groups excluding carboxylic acids is 2. The molecule has 3 amide bonds. The van der Waals surface area contributed by atoms with Crippen molar-refractivity contribution >= 4 is 50.0 Å². The van der Waals surface area contributed by atoms with Gasteiger partial charge in [-0.1, -0.05) is 63.2 Å². The molecule has 2 heterocycles. The van der Waals surface area contributed by atoms with Crippen LogP contribution in [0.15, 0.2) is 53.0 Å². The van der Waals surface area contributed by atoms with E-state index in [1.165, 1.54) is 16.9 Å². The minimum Gasteiger partial charge on any atom is -0.312 e. The first-order valence-electron chi connectivity index (χ1n) is 9.54. The quantitative estimate of drug-likeness (QED) is 0.549. The summed E-state index contributed by atoms with van der Waals surface area (Å²) in [6.45, 7) is 2.55. The molecule has 1 saturated heterocycles. The lowest BCUT2D eigenvalue weighted by atomic mass is 10.2. The summed E-state index contributed by atoms with van der Waals surface area (Å²) in [4.78, 5) is 27.1. The molecule has 30 heavy (non-hydrogen) atoms. The number of carbonyl (C=O) groups is 2. The highest BCUT2D eigenvalue weighted by Crippen LogP contribution is 2.28. The number of amides is 3. The van der Waals surface area contributed by atoms with Crippen molar-refractivity contribution in [3.05, 3.63) is 58.6 Å². The number of aromatic nitrogens is 2. The molecule has 0 bridgehead atoms. The number of urea groups is 1. The summed E-state index contributed by atoms with van der Waals surface area (Å²) in [6, 6.07) is 14.5. The van der Waals surface area contributed by atoms with Gasteiger partial charge in [0.2, 0.25) is 11.0 Å². The van der Waals surface area contributed by atoms with Crippen LogP contribution < -0.4 is 10.6 Å². The van der Waals surface area contributed by atoms with Crippen molar-refractivity contribution in [1.29, 1.82) is 0 Å². The van der Waals surface area contributed by atoms with Crippen LogP contribution in [0.25, 0.3) is 10.6 Å². The monoisotopic (exact) mass is 485 g/mol. The number of aryl methyl sites for hydroxylation is 1. The highest BCUT2D eigenvalue weighted by molar-refractivity contribution is 9.10. The molecule has 9 heteroatoms. The molecule has 0 aliphatic carbocycles. The summed E-state index contributed by atoms with van der Waals surface area (Å²) in [5.74, 6) is -0.247. The van der Waals surface area contributed by atoms with E-state index < -0.39 is 6.04 Å². The number of hydrogen-bond acceptors (Lipinski definition) is 5. The van der Waals surface area contributed by atoms with E-state index in [9.17, 15) is 9.59 Å². The molecule has 1 aliphatic heterocycles. The van der Waals surface area contributed by atoms with Crippen molar-refractivity contribution in [1.82, 2.24) is 15.1 Å². The second kappa shape index (κ2) is 8.93. The first-order chi connectivity index (χ1) is 14.5. The van der Waals surface area contributed by atoms with Crippen LogP contribution in [0.1, 0.15) is 18.4 Å². The van der Waals surface area contributed by atoms with Gasteiger partial charge in [0.05, 0.1) is 0 Å². The van der Waals surface area contributed by atoms with Crippen LogP contribution in [0.2, 0.25) is 0 Å². The molecule has 0 spiro atoms. The fourth-order valence-electron chi connectivity index (χ4n) is 3.32. The van der Waals surface area contributed by atoms with E-state index in [0.29, 0.717) is 23.8 Å². The predicted octanol–water partition coefficient (Wildman–Crippen LogP) is 4.91. The zero-order valence-corrected chi connectivity index (χ0v) is 18.7. The first kappa shape index (κ1) is 20.5. The Kier molecular flexibility index (Phi) is 6.10. The van der Waals surface area contributed by atoms with Crippen molar-refractivity contribution in [3.63, 3.8) is 0 Å². The van der Waals surface area contributed by atoms with Crippen LogP contribution >= 0.6 is 27.3 Å². The highest BCUT2D eigenvalue weighted by Gasteiger charge is 2.34. The molecule has 2 aromatic carbocycles. The molecule has 4 rings (SSSR count). The molecule has 7 nitrogen and oxygen atoms in total. The minimum absolute atomic E-state index is 0.247. The minimum atomic E-state index is -0.538. The number of hydrogen-bond donors (Lipinski definition) is 2. The molecule has 1 fully saturated rings. The molecule has 1 unspecified atom stereocenters. The number of halogens is 1. The molecule has 1 aromatic heterocycles. The van der Waals surface area contributed by atoms with Gasteiger partial charge >= 0.3 is 6.03 Å². The lowest BCUT2D eigenvalue weighted by Crippen LogP contribution is -2.45. The molecule has 3 aromatic rings. The summed E-state index contributed by atoms with van der Waals surface area (Å²) in [6.07, 6.45) is 1.39. The normalized spacial score (nSPS) is 15.8. The van der Waals surface area contributed by atoms with Crippen LogP contribution in [0.5, 0.6) is 0 Å². The molecule has 2 N–H and O–H groups in total. The van der Waals surface area contributed by atoms with Gasteiger partial charge in [0.1, 0.15) is 11.0 Å². The largest absolute Gasteiger partial charge is 0.322 e. The third kappa shape index (κ3) is 4.68. The Morgan fingerprint density at radius 1 is 1.13 bits per heavy atom. The van der Waals surface area contributed by atoms with Gasteiger partial charge in [-0.05, 0) is 38.0 Å². The third-order valence-corrected chi connectivity index (χ3v) is 6.23. The fraction of sp³-hybridized carbons (Fsp3) is 0.238. The molecule has 1 aliphatic rings. The number of nitrogens with zero attached hydrogens (tertiary/aromatic N) is 3. The van der Waals surface area contributed by atoms with Gasteiger partial charge in [0.25, 0.3) is 0 Å². The zero-order chi connectivity index (χ0) is 21.1. The van der Waals surface area contributed by atoms with E-state index in [2.05, 4.69) is 36.8 Å². The van der Waals surface area contributed by atoms with Crippen LogP contribution in [0.4, 0.5) is 15.6 Å². The van der Waals surface area contributed by atoms with Gasteiger partial charge in [-0.2, -0.15) is 0 Å². The van der Waals surface area contributed by atoms with Gasteiger partial charge in [-0.15, -0.1) is 10.2 Å². The van der Waals surface area contributed by atoms with Crippen molar-refractivity contribution < 1.29 is 9.59 Å². The molecular formula is C21H20BrN5O2S. The topological polar surface area (TPSA) is 87.2 Å². The van der Waals surface area contributed by atoms with Crippen LogP contribution in [-0.4, -0.2) is 39.6 Å². The maximum atomic E-state index is 12.8. The Morgan fingerprint density at radius 3 is 2.70 bits per heavy atom. The number of anilines is 2. The van der Waals surface area contributed by atoms with Gasteiger partial charge in [-0.25, -0.2) is 4.79 Å². The smallest absolute Gasteiger partial charge is 0.312 e. The molecule has 0 saturated carbocycles. The van der Waals surface area contributed by atoms with E-state index in [-0.39, 0.29) is 11.9 Å². The van der Waals surface area contributed by atoms with Crippen molar-refractivity contribution in [2.24, 2.45) is 0 Å². The van der Waals surface area contributed by atoms with E-state index in [4.69, 9.17) is 0 Å².